The van der Waals surface area contributed by atoms with Crippen LogP contribution in [0, 0.1) is 0 Å². The van der Waals surface area contributed by atoms with Crippen LogP contribution in [0.15, 0.2) is 24.3 Å². The summed E-state index contributed by atoms with van der Waals surface area (Å²) >= 11 is 0. The number of aromatic nitrogens is 1. The SMILES string of the molecule is Cn1c([B-](F)(F)F)c(C[NH+](C)C)c2ccccc21. The summed E-state index contributed by atoms with van der Waals surface area (Å²) < 4.78 is 41.0. The van der Waals surface area contributed by atoms with Gasteiger partial charge in [0.15, 0.2) is 0 Å². The lowest BCUT2D eigenvalue weighted by molar-refractivity contribution is -0.872. The number of hydrogen-bond acceptors (Lipinski definition) is 0. The average Bonchev–Trinajstić information content (AvgIpc) is 2.52. The molecule has 2 nitrogen and oxygen atoms in total. The Morgan fingerprint density at radius 2 is 1.78 bits per heavy atom. The van der Waals surface area contributed by atoms with E-state index in [0.717, 1.165) is 4.90 Å². The second kappa shape index (κ2) is 4.35. The van der Waals surface area contributed by atoms with E-state index in [1.54, 1.807) is 24.3 Å². The molecule has 0 bridgehead atoms. The zero-order chi connectivity index (χ0) is 13.5. The molecule has 1 N–H and O–H groups in total. The van der Waals surface area contributed by atoms with Gasteiger partial charge in [0.05, 0.1) is 14.1 Å². The number of quaternary nitrogens is 1. The summed E-state index contributed by atoms with van der Waals surface area (Å²) in [7, 11) is 5.20. The maximum Gasteiger partial charge on any atom is 0.526 e. The first-order valence-electron chi connectivity index (χ1n) is 5.87. The van der Waals surface area contributed by atoms with Crippen molar-refractivity contribution >= 4 is 23.5 Å². The van der Waals surface area contributed by atoms with E-state index >= 15 is 0 Å². The molecule has 1 heterocycles. The number of hydrogen-bond donors (Lipinski definition) is 1. The normalized spacial score (nSPS) is 12.6. The summed E-state index contributed by atoms with van der Waals surface area (Å²) in [5.41, 5.74) is 0.570. The number of benzene rings is 1. The van der Waals surface area contributed by atoms with Crippen LogP contribution in [-0.2, 0) is 13.6 Å². The third-order valence-electron chi connectivity index (χ3n) is 3.10. The predicted molar refractivity (Wildman–Crippen MR) is 68.1 cm³/mol. The third-order valence-corrected chi connectivity index (χ3v) is 3.10. The molecule has 0 aliphatic rings. The van der Waals surface area contributed by atoms with E-state index in [-0.39, 0.29) is 0 Å². The van der Waals surface area contributed by atoms with E-state index in [2.05, 4.69) is 0 Å². The van der Waals surface area contributed by atoms with Crippen molar-refractivity contribution in [2.24, 2.45) is 7.05 Å². The molecule has 0 saturated heterocycles. The summed E-state index contributed by atoms with van der Waals surface area (Å²) in [5, 5.41) is 0.704. The van der Waals surface area contributed by atoms with Gasteiger partial charge in [0, 0.05) is 23.5 Å². The zero-order valence-electron chi connectivity index (χ0n) is 10.7. The van der Waals surface area contributed by atoms with Gasteiger partial charge >= 0.3 is 6.98 Å². The van der Waals surface area contributed by atoms with Crippen LogP contribution in [0.25, 0.3) is 10.9 Å². The van der Waals surface area contributed by atoms with E-state index in [4.69, 9.17) is 0 Å². The summed E-state index contributed by atoms with van der Waals surface area (Å²) in [6.45, 7) is -4.62. The Hall–Kier alpha value is -1.43. The molecule has 0 unspecified atom stereocenters. The lowest BCUT2D eigenvalue weighted by Gasteiger charge is -2.19. The first-order valence-corrected chi connectivity index (χ1v) is 5.87. The molecule has 2 rings (SSSR count). The van der Waals surface area contributed by atoms with Crippen molar-refractivity contribution in [1.82, 2.24) is 4.57 Å². The van der Waals surface area contributed by atoms with Crippen LogP contribution >= 0.6 is 0 Å². The van der Waals surface area contributed by atoms with Crippen LogP contribution in [0.2, 0.25) is 0 Å². The first kappa shape index (κ1) is 13.0. The minimum Gasteiger partial charge on any atom is -0.444 e. The van der Waals surface area contributed by atoms with Crippen molar-refractivity contribution in [2.45, 2.75) is 6.54 Å². The van der Waals surface area contributed by atoms with Gasteiger partial charge in [-0.05, 0) is 11.7 Å². The highest BCUT2D eigenvalue weighted by Crippen LogP contribution is 2.23. The molecule has 0 atom stereocenters. The molecule has 0 amide bonds. The monoisotopic (exact) mass is 256 g/mol. The summed E-state index contributed by atoms with van der Waals surface area (Å²) in [5.74, 6) is 0. The van der Waals surface area contributed by atoms with Crippen LogP contribution in [0.5, 0.6) is 0 Å². The average molecular weight is 256 g/mol. The Morgan fingerprint density at radius 3 is 2.33 bits per heavy atom. The Morgan fingerprint density at radius 1 is 1.17 bits per heavy atom. The zero-order valence-corrected chi connectivity index (χ0v) is 10.7. The standard InChI is InChI=1S/C12H15BF3N2/c1-17(2)8-10-9-6-4-5-7-11(9)18(3)12(10)13(14,15)16/h4-7H,8H2,1-3H3/q-1/p+1. The Kier molecular flexibility index (Phi) is 3.15. The number of fused-ring (bicyclic) bond motifs is 1. The summed E-state index contributed by atoms with van der Waals surface area (Å²) in [4.78, 5) is 0.979. The van der Waals surface area contributed by atoms with Gasteiger partial charge in [-0.1, -0.05) is 18.2 Å². The van der Waals surface area contributed by atoms with Crippen molar-refractivity contribution in [3.8, 4) is 0 Å². The molecule has 18 heavy (non-hydrogen) atoms. The number of nitrogens with zero attached hydrogens (tertiary/aromatic N) is 1. The van der Waals surface area contributed by atoms with Crippen molar-refractivity contribution in [2.75, 3.05) is 14.1 Å². The Bertz CT molecular complexity index is 572. The highest BCUT2D eigenvalue weighted by atomic mass is 19.4. The third kappa shape index (κ3) is 2.12. The second-order valence-electron chi connectivity index (χ2n) is 4.90. The quantitative estimate of drug-likeness (QED) is 0.781. The van der Waals surface area contributed by atoms with Gasteiger partial charge in [0.25, 0.3) is 0 Å². The Balaban J connectivity index is 2.77. The molecule has 0 aliphatic carbocycles. The van der Waals surface area contributed by atoms with E-state index in [1.807, 2.05) is 14.1 Å². The predicted octanol–water partition coefficient (Wildman–Crippen LogP) is 0.877. The number of nitrogens with one attached hydrogen (secondary N) is 1. The molecule has 0 radical (unpaired) electrons. The molecular weight excluding hydrogens is 240 g/mol. The Labute approximate surface area is 104 Å². The number of para-hydroxylation sites is 1. The highest BCUT2D eigenvalue weighted by Gasteiger charge is 2.34. The largest absolute Gasteiger partial charge is 0.526 e. The van der Waals surface area contributed by atoms with Gasteiger partial charge in [0.1, 0.15) is 6.54 Å². The highest BCUT2D eigenvalue weighted by molar-refractivity contribution is 6.73. The summed E-state index contributed by atoms with van der Waals surface area (Å²) in [6, 6.07) is 7.04. The van der Waals surface area contributed by atoms with Crippen LogP contribution < -0.4 is 10.5 Å². The van der Waals surface area contributed by atoms with Gasteiger partial charge in [-0.15, -0.1) is 0 Å². The minimum absolute atomic E-state index is 0.373. The molecule has 6 heteroatoms. The lowest BCUT2D eigenvalue weighted by atomic mass is 9.82. The number of halogens is 3. The molecule has 1 aromatic heterocycles. The van der Waals surface area contributed by atoms with E-state index in [1.165, 1.54) is 11.6 Å². The fourth-order valence-electron chi connectivity index (χ4n) is 2.45. The van der Waals surface area contributed by atoms with Crippen LogP contribution in [0.3, 0.4) is 0 Å². The van der Waals surface area contributed by atoms with Gasteiger partial charge in [-0.2, -0.15) is 0 Å². The molecule has 0 fully saturated rings. The van der Waals surface area contributed by atoms with Crippen molar-refractivity contribution in [1.29, 1.82) is 0 Å². The fraction of sp³-hybridized carbons (Fsp3) is 0.333. The van der Waals surface area contributed by atoms with Gasteiger partial charge in [-0.3, -0.25) is 0 Å². The van der Waals surface area contributed by atoms with Gasteiger partial charge in [0.2, 0.25) is 0 Å². The maximum absolute atomic E-state index is 13.2. The molecule has 0 spiro atoms. The number of rotatable bonds is 3. The van der Waals surface area contributed by atoms with E-state index < -0.39 is 12.6 Å². The molecule has 1 aromatic carbocycles. The molecule has 0 aliphatic heterocycles. The van der Waals surface area contributed by atoms with Crippen molar-refractivity contribution in [3.63, 3.8) is 0 Å². The van der Waals surface area contributed by atoms with Crippen LogP contribution in [0.1, 0.15) is 5.56 Å². The van der Waals surface area contributed by atoms with Gasteiger partial charge in [-0.25, -0.2) is 0 Å². The van der Waals surface area contributed by atoms with E-state index in [9.17, 15) is 12.9 Å². The molecule has 2 aromatic rings. The number of aryl methyl sites for hydroxylation is 1. The van der Waals surface area contributed by atoms with Crippen molar-refractivity contribution < 1.29 is 17.8 Å². The molecule has 0 saturated carbocycles. The molecular formula is C12H16BF3N2. The second-order valence-corrected chi connectivity index (χ2v) is 4.90. The van der Waals surface area contributed by atoms with Gasteiger partial charge < -0.3 is 22.4 Å². The fourth-order valence-corrected chi connectivity index (χ4v) is 2.45. The first-order chi connectivity index (χ1) is 8.32. The maximum atomic E-state index is 13.2. The van der Waals surface area contributed by atoms with Crippen molar-refractivity contribution in [3.05, 3.63) is 29.8 Å². The van der Waals surface area contributed by atoms with Crippen LogP contribution in [0.4, 0.5) is 12.9 Å². The smallest absolute Gasteiger partial charge is 0.444 e. The lowest BCUT2D eigenvalue weighted by Crippen LogP contribution is -3.04. The molecule has 98 valence electrons. The van der Waals surface area contributed by atoms with Crippen LogP contribution in [-0.4, -0.2) is 25.6 Å². The summed E-state index contributed by atoms with van der Waals surface area (Å²) in [6.07, 6.45) is 0. The topological polar surface area (TPSA) is 9.37 Å². The van der Waals surface area contributed by atoms with E-state index in [0.29, 0.717) is 23.0 Å². The minimum atomic E-state index is -5.00.